The molecule has 1 aliphatic carbocycles. The van der Waals surface area contributed by atoms with Crippen LogP contribution in [-0.2, 0) is 6.42 Å². The van der Waals surface area contributed by atoms with Gasteiger partial charge < -0.3 is 4.90 Å². The molecule has 170 valence electrons. The fourth-order valence-electron chi connectivity index (χ4n) is 5.21. The second-order valence-electron chi connectivity index (χ2n) is 9.48. The minimum absolute atomic E-state index is 0.0776. The molecule has 1 aliphatic heterocycles. The van der Waals surface area contributed by atoms with Gasteiger partial charge in [-0.15, -0.1) is 0 Å². The Balaban J connectivity index is 1.36. The number of pyridine rings is 3. The SMILES string of the molecule is Cc1ccncc1-c1cnc2c(c1)C(c1ccn3ncc(C(=O)C4CCN(C)CC4)c3c1)=CC2. The fourth-order valence-corrected chi connectivity index (χ4v) is 5.21. The molecule has 4 aromatic heterocycles. The van der Waals surface area contributed by atoms with Gasteiger partial charge >= 0.3 is 0 Å². The maximum absolute atomic E-state index is 13.3. The van der Waals surface area contributed by atoms with Crippen LogP contribution in [0.2, 0.25) is 0 Å². The number of nitrogens with zero attached hydrogens (tertiary/aromatic N) is 5. The van der Waals surface area contributed by atoms with Crippen LogP contribution in [0.25, 0.3) is 22.2 Å². The van der Waals surface area contributed by atoms with E-state index in [4.69, 9.17) is 4.98 Å². The summed E-state index contributed by atoms with van der Waals surface area (Å²) < 4.78 is 1.82. The molecular formula is C28H27N5O. The van der Waals surface area contributed by atoms with E-state index in [9.17, 15) is 4.79 Å². The summed E-state index contributed by atoms with van der Waals surface area (Å²) in [6.45, 7) is 4.03. The number of rotatable bonds is 4. The minimum atomic E-state index is 0.0776. The Morgan fingerprint density at radius 3 is 2.71 bits per heavy atom. The van der Waals surface area contributed by atoms with Crippen LogP contribution in [0.4, 0.5) is 0 Å². The molecule has 0 atom stereocenters. The van der Waals surface area contributed by atoms with E-state index in [2.05, 4.69) is 53.2 Å². The first-order valence-corrected chi connectivity index (χ1v) is 11.9. The average Bonchev–Trinajstić information content (AvgIpc) is 3.48. The van der Waals surface area contributed by atoms with Crippen molar-refractivity contribution in [2.75, 3.05) is 20.1 Å². The Bertz CT molecular complexity index is 1440. The Labute approximate surface area is 199 Å². The van der Waals surface area contributed by atoms with E-state index in [1.54, 1.807) is 6.20 Å². The topological polar surface area (TPSA) is 63.4 Å². The number of aromatic nitrogens is 4. The van der Waals surface area contributed by atoms with Gasteiger partial charge in [0.2, 0.25) is 0 Å². The van der Waals surface area contributed by atoms with Gasteiger partial charge in [0.25, 0.3) is 0 Å². The van der Waals surface area contributed by atoms with Crippen LogP contribution in [0.1, 0.15) is 45.6 Å². The molecule has 0 spiro atoms. The van der Waals surface area contributed by atoms with Crippen molar-refractivity contribution in [3.05, 3.63) is 89.3 Å². The van der Waals surface area contributed by atoms with E-state index in [0.29, 0.717) is 0 Å². The van der Waals surface area contributed by atoms with Crippen LogP contribution in [0.5, 0.6) is 0 Å². The van der Waals surface area contributed by atoms with E-state index in [-0.39, 0.29) is 11.7 Å². The Morgan fingerprint density at radius 2 is 1.88 bits per heavy atom. The molecule has 5 heterocycles. The summed E-state index contributed by atoms with van der Waals surface area (Å²) in [4.78, 5) is 24.7. The zero-order valence-corrected chi connectivity index (χ0v) is 19.5. The Hall–Kier alpha value is -3.64. The standard InChI is InChI=1S/C28H27N5O/c1-18-5-9-29-16-24(18)21-13-23-22(3-4-26(23)30-15-21)20-8-12-33-27(14-20)25(17-31-33)28(34)19-6-10-32(2)11-7-19/h3,5,8-9,12-17,19H,4,6-7,10-11H2,1-2H3. The molecule has 6 nitrogen and oxygen atoms in total. The van der Waals surface area contributed by atoms with Crippen LogP contribution in [0.15, 0.2) is 61.3 Å². The lowest BCUT2D eigenvalue weighted by Gasteiger charge is -2.27. The molecule has 0 saturated carbocycles. The number of hydrogen-bond donors (Lipinski definition) is 0. The van der Waals surface area contributed by atoms with Gasteiger partial charge in [0.15, 0.2) is 5.78 Å². The van der Waals surface area contributed by atoms with Gasteiger partial charge in [-0.2, -0.15) is 5.10 Å². The molecule has 0 radical (unpaired) electrons. The summed E-state index contributed by atoms with van der Waals surface area (Å²) in [7, 11) is 2.12. The smallest absolute Gasteiger partial charge is 0.169 e. The van der Waals surface area contributed by atoms with Crippen LogP contribution >= 0.6 is 0 Å². The average molecular weight is 450 g/mol. The van der Waals surface area contributed by atoms with Crippen LogP contribution in [0, 0.1) is 12.8 Å². The summed E-state index contributed by atoms with van der Waals surface area (Å²) in [5, 5.41) is 4.47. The van der Waals surface area contributed by atoms with Gasteiger partial charge in [0, 0.05) is 53.8 Å². The number of fused-ring (bicyclic) bond motifs is 2. The predicted molar refractivity (Wildman–Crippen MR) is 133 cm³/mol. The number of likely N-dealkylation sites (tertiary alicyclic amines) is 1. The minimum Gasteiger partial charge on any atom is -0.306 e. The molecule has 0 amide bonds. The highest BCUT2D eigenvalue weighted by atomic mass is 16.1. The van der Waals surface area contributed by atoms with Crippen molar-refractivity contribution >= 4 is 16.9 Å². The van der Waals surface area contributed by atoms with Crippen molar-refractivity contribution < 1.29 is 4.79 Å². The number of ketones is 1. The van der Waals surface area contributed by atoms with Crippen molar-refractivity contribution in [3.63, 3.8) is 0 Å². The highest BCUT2D eigenvalue weighted by Gasteiger charge is 2.27. The molecule has 4 aromatic rings. The van der Waals surface area contributed by atoms with Crippen molar-refractivity contribution in [2.45, 2.75) is 26.2 Å². The Morgan fingerprint density at radius 1 is 1.03 bits per heavy atom. The molecular weight excluding hydrogens is 422 g/mol. The Kier molecular flexibility index (Phi) is 5.11. The molecule has 0 bridgehead atoms. The van der Waals surface area contributed by atoms with Gasteiger partial charge in [-0.1, -0.05) is 6.08 Å². The van der Waals surface area contributed by atoms with Crippen LogP contribution in [0.3, 0.4) is 0 Å². The molecule has 0 unspecified atom stereocenters. The number of aryl methyl sites for hydroxylation is 1. The number of allylic oxidation sites excluding steroid dienone is 1. The van der Waals surface area contributed by atoms with E-state index < -0.39 is 0 Å². The molecule has 34 heavy (non-hydrogen) atoms. The first-order chi connectivity index (χ1) is 16.6. The molecule has 2 aliphatic rings. The summed E-state index contributed by atoms with van der Waals surface area (Å²) in [6.07, 6.45) is 14.2. The molecule has 0 aromatic carbocycles. The monoisotopic (exact) mass is 449 g/mol. The number of carbonyl (C=O) groups is 1. The third kappa shape index (κ3) is 3.55. The van der Waals surface area contributed by atoms with Crippen molar-refractivity contribution in [3.8, 4) is 11.1 Å². The zero-order chi connectivity index (χ0) is 23.2. The quantitative estimate of drug-likeness (QED) is 0.426. The van der Waals surface area contributed by atoms with Crippen molar-refractivity contribution in [1.29, 1.82) is 0 Å². The van der Waals surface area contributed by atoms with Gasteiger partial charge in [-0.3, -0.25) is 14.8 Å². The molecule has 1 fully saturated rings. The normalized spacial score (nSPS) is 16.6. The maximum atomic E-state index is 13.3. The lowest BCUT2D eigenvalue weighted by atomic mass is 9.89. The molecule has 6 rings (SSSR count). The fraction of sp³-hybridized carbons (Fsp3) is 0.286. The number of hydrogen-bond acceptors (Lipinski definition) is 5. The largest absolute Gasteiger partial charge is 0.306 e. The lowest BCUT2D eigenvalue weighted by molar-refractivity contribution is 0.0858. The van der Waals surface area contributed by atoms with Crippen LogP contribution < -0.4 is 0 Å². The third-order valence-corrected chi connectivity index (χ3v) is 7.30. The van der Waals surface area contributed by atoms with E-state index in [0.717, 1.165) is 77.0 Å². The highest BCUT2D eigenvalue weighted by Crippen LogP contribution is 2.35. The van der Waals surface area contributed by atoms with E-state index in [1.165, 1.54) is 5.56 Å². The summed E-state index contributed by atoms with van der Waals surface area (Å²) in [5.74, 6) is 0.297. The van der Waals surface area contributed by atoms with E-state index in [1.807, 2.05) is 35.4 Å². The predicted octanol–water partition coefficient (Wildman–Crippen LogP) is 4.61. The van der Waals surface area contributed by atoms with Gasteiger partial charge in [-0.05, 0) is 80.9 Å². The first-order valence-electron chi connectivity index (χ1n) is 11.9. The maximum Gasteiger partial charge on any atom is 0.169 e. The number of piperidine rings is 1. The third-order valence-electron chi connectivity index (χ3n) is 7.30. The molecule has 0 N–H and O–H groups in total. The second kappa shape index (κ2) is 8.29. The second-order valence-corrected chi connectivity index (χ2v) is 9.48. The summed E-state index contributed by atoms with van der Waals surface area (Å²) in [6, 6.07) is 8.43. The molecule has 6 heteroatoms. The zero-order valence-electron chi connectivity index (χ0n) is 19.5. The van der Waals surface area contributed by atoms with Crippen molar-refractivity contribution in [1.82, 2.24) is 24.5 Å². The summed E-state index contributed by atoms with van der Waals surface area (Å²) in [5.41, 5.74) is 9.43. The first kappa shape index (κ1) is 20.9. The lowest BCUT2D eigenvalue weighted by Crippen LogP contribution is -2.33. The van der Waals surface area contributed by atoms with Gasteiger partial charge in [0.05, 0.1) is 23.0 Å². The van der Waals surface area contributed by atoms with E-state index >= 15 is 0 Å². The number of Topliss-reactive ketones (excluding diaryl/α,β-unsaturated/α-hetero) is 1. The summed E-state index contributed by atoms with van der Waals surface area (Å²) >= 11 is 0. The van der Waals surface area contributed by atoms with Gasteiger partial charge in [0.1, 0.15) is 0 Å². The number of carbonyl (C=O) groups excluding carboxylic acids is 1. The molecule has 1 saturated heterocycles. The van der Waals surface area contributed by atoms with Gasteiger partial charge in [-0.25, -0.2) is 4.52 Å². The highest BCUT2D eigenvalue weighted by molar-refractivity contribution is 6.04. The van der Waals surface area contributed by atoms with Crippen molar-refractivity contribution in [2.24, 2.45) is 5.92 Å². The van der Waals surface area contributed by atoms with Crippen LogP contribution in [-0.4, -0.2) is 50.4 Å².